The van der Waals surface area contributed by atoms with Crippen molar-refractivity contribution in [1.82, 2.24) is 9.78 Å². The van der Waals surface area contributed by atoms with Gasteiger partial charge in [0.15, 0.2) is 0 Å². The molecule has 1 amide bonds. The van der Waals surface area contributed by atoms with Crippen molar-refractivity contribution in [3.05, 3.63) is 48.0 Å². The fraction of sp³-hybridized carbons (Fsp3) is 0.286. The van der Waals surface area contributed by atoms with Crippen LogP contribution in [0.5, 0.6) is 0 Å². The largest absolute Gasteiger partial charge is 0.326 e. The highest BCUT2D eigenvalue weighted by atomic mass is 19.1. The third kappa shape index (κ3) is 3.64. The van der Waals surface area contributed by atoms with Crippen molar-refractivity contribution in [2.75, 3.05) is 5.32 Å². The summed E-state index contributed by atoms with van der Waals surface area (Å²) in [6, 6.07) is 7.70. The summed E-state index contributed by atoms with van der Waals surface area (Å²) in [4.78, 5) is 11.8. The van der Waals surface area contributed by atoms with E-state index < -0.39 is 0 Å². The van der Waals surface area contributed by atoms with Gasteiger partial charge in [-0.25, -0.2) is 4.39 Å². The van der Waals surface area contributed by atoms with Crippen molar-refractivity contribution in [3.63, 3.8) is 0 Å². The van der Waals surface area contributed by atoms with Gasteiger partial charge in [-0.05, 0) is 38.1 Å². The predicted octanol–water partition coefficient (Wildman–Crippen LogP) is 2.92. The fourth-order valence-electron chi connectivity index (χ4n) is 1.82. The maximum Gasteiger partial charge on any atom is 0.226 e. The van der Waals surface area contributed by atoms with E-state index in [1.807, 2.05) is 26.1 Å². The van der Waals surface area contributed by atoms with Crippen molar-refractivity contribution >= 4 is 11.6 Å². The minimum Gasteiger partial charge on any atom is -0.326 e. The Morgan fingerprint density at radius 2 is 2.26 bits per heavy atom. The van der Waals surface area contributed by atoms with Gasteiger partial charge in [-0.15, -0.1) is 0 Å². The van der Waals surface area contributed by atoms with Crippen molar-refractivity contribution in [2.45, 2.75) is 26.3 Å². The number of amides is 1. The lowest BCUT2D eigenvalue weighted by atomic mass is 10.2. The minimum atomic E-state index is -0.367. The molecule has 100 valence electrons. The SMILES string of the molecule is Cc1ccn([C@H](C)CC(=O)Nc2cccc(F)c2)n1. The number of rotatable bonds is 4. The maximum absolute atomic E-state index is 13.0. The molecule has 0 spiro atoms. The first kappa shape index (κ1) is 13.3. The van der Waals surface area contributed by atoms with Crippen LogP contribution in [0.2, 0.25) is 0 Å². The van der Waals surface area contributed by atoms with E-state index in [0.717, 1.165) is 5.69 Å². The smallest absolute Gasteiger partial charge is 0.226 e. The van der Waals surface area contributed by atoms with Crippen LogP contribution < -0.4 is 5.32 Å². The molecule has 0 saturated carbocycles. The van der Waals surface area contributed by atoms with E-state index in [1.165, 1.54) is 12.1 Å². The van der Waals surface area contributed by atoms with Gasteiger partial charge >= 0.3 is 0 Å². The molecule has 1 N–H and O–H groups in total. The van der Waals surface area contributed by atoms with Crippen LogP contribution in [0.25, 0.3) is 0 Å². The van der Waals surface area contributed by atoms with Crippen LogP contribution in [0.4, 0.5) is 10.1 Å². The van der Waals surface area contributed by atoms with E-state index in [4.69, 9.17) is 0 Å². The monoisotopic (exact) mass is 261 g/mol. The molecule has 0 aliphatic heterocycles. The van der Waals surface area contributed by atoms with Crippen LogP contribution in [0.3, 0.4) is 0 Å². The normalized spacial score (nSPS) is 12.2. The summed E-state index contributed by atoms with van der Waals surface area (Å²) in [6.45, 7) is 3.81. The number of nitrogens with zero attached hydrogens (tertiary/aromatic N) is 2. The summed E-state index contributed by atoms with van der Waals surface area (Å²) in [6.07, 6.45) is 2.13. The molecular formula is C14H16FN3O. The second-order valence-electron chi connectivity index (χ2n) is 4.55. The lowest BCUT2D eigenvalue weighted by Crippen LogP contribution is -2.18. The molecule has 2 aromatic rings. The number of nitrogens with one attached hydrogen (secondary N) is 1. The van der Waals surface area contributed by atoms with E-state index in [0.29, 0.717) is 5.69 Å². The van der Waals surface area contributed by atoms with Crippen molar-refractivity contribution in [1.29, 1.82) is 0 Å². The van der Waals surface area contributed by atoms with Gasteiger partial charge in [0, 0.05) is 18.3 Å². The fourth-order valence-corrected chi connectivity index (χ4v) is 1.82. The Kier molecular flexibility index (Phi) is 3.94. The molecule has 0 unspecified atom stereocenters. The van der Waals surface area contributed by atoms with Crippen LogP contribution in [-0.4, -0.2) is 15.7 Å². The zero-order valence-electron chi connectivity index (χ0n) is 10.9. The third-order valence-electron chi connectivity index (χ3n) is 2.78. The first-order valence-electron chi connectivity index (χ1n) is 6.12. The average Bonchev–Trinajstić information content (AvgIpc) is 2.75. The molecule has 0 aliphatic carbocycles. The molecule has 0 fully saturated rings. The lowest BCUT2D eigenvalue weighted by molar-refractivity contribution is -0.116. The van der Waals surface area contributed by atoms with Gasteiger partial charge in [0.05, 0.1) is 11.7 Å². The summed E-state index contributed by atoms with van der Waals surface area (Å²) in [5.41, 5.74) is 1.38. The number of aromatic nitrogens is 2. The number of benzene rings is 1. The number of anilines is 1. The summed E-state index contributed by atoms with van der Waals surface area (Å²) in [5.74, 6) is -0.528. The lowest BCUT2D eigenvalue weighted by Gasteiger charge is -2.12. The molecule has 5 heteroatoms. The van der Waals surface area contributed by atoms with Gasteiger partial charge in [0.25, 0.3) is 0 Å². The van der Waals surface area contributed by atoms with E-state index in [2.05, 4.69) is 10.4 Å². The maximum atomic E-state index is 13.0. The van der Waals surface area contributed by atoms with Crippen LogP contribution >= 0.6 is 0 Å². The number of aryl methyl sites for hydroxylation is 1. The minimum absolute atomic E-state index is 0.0396. The summed E-state index contributed by atoms with van der Waals surface area (Å²) in [7, 11) is 0. The first-order chi connectivity index (χ1) is 9.04. The molecule has 1 atom stereocenters. The van der Waals surface area contributed by atoms with E-state index in [9.17, 15) is 9.18 Å². The summed E-state index contributed by atoms with van der Waals surface area (Å²) in [5, 5.41) is 6.93. The Balaban J connectivity index is 1.94. The van der Waals surface area contributed by atoms with Crippen molar-refractivity contribution in [2.24, 2.45) is 0 Å². The van der Waals surface area contributed by atoms with Crippen molar-refractivity contribution < 1.29 is 9.18 Å². The van der Waals surface area contributed by atoms with Gasteiger partial charge in [0.2, 0.25) is 5.91 Å². The van der Waals surface area contributed by atoms with E-state index in [1.54, 1.807) is 16.8 Å². The molecule has 1 aromatic heterocycles. The number of hydrogen-bond donors (Lipinski definition) is 1. The first-order valence-corrected chi connectivity index (χ1v) is 6.12. The van der Waals surface area contributed by atoms with Crippen molar-refractivity contribution in [3.8, 4) is 0 Å². The Morgan fingerprint density at radius 1 is 1.47 bits per heavy atom. The molecule has 1 aromatic carbocycles. The predicted molar refractivity (Wildman–Crippen MR) is 71.3 cm³/mol. The molecule has 0 bridgehead atoms. The second-order valence-corrected chi connectivity index (χ2v) is 4.55. The second kappa shape index (κ2) is 5.65. The van der Waals surface area contributed by atoms with Gasteiger partial charge in [-0.1, -0.05) is 6.07 Å². The number of carbonyl (C=O) groups is 1. The van der Waals surface area contributed by atoms with Crippen LogP contribution in [0.1, 0.15) is 25.1 Å². The number of carbonyl (C=O) groups excluding carboxylic acids is 1. The number of halogens is 1. The van der Waals surface area contributed by atoms with Gasteiger partial charge in [0.1, 0.15) is 5.82 Å². The Labute approximate surface area is 111 Å². The average molecular weight is 261 g/mol. The molecule has 0 aliphatic rings. The molecule has 4 nitrogen and oxygen atoms in total. The molecular weight excluding hydrogens is 245 g/mol. The topological polar surface area (TPSA) is 46.9 Å². The summed E-state index contributed by atoms with van der Waals surface area (Å²) >= 11 is 0. The molecule has 0 radical (unpaired) electrons. The Bertz CT molecular complexity index is 580. The quantitative estimate of drug-likeness (QED) is 0.919. The van der Waals surface area contributed by atoms with Gasteiger partial charge in [-0.2, -0.15) is 5.10 Å². The highest BCUT2D eigenvalue weighted by Crippen LogP contribution is 2.13. The molecule has 1 heterocycles. The Hall–Kier alpha value is -2.17. The summed E-state index contributed by atoms with van der Waals surface area (Å²) < 4.78 is 14.7. The zero-order chi connectivity index (χ0) is 13.8. The molecule has 0 saturated heterocycles. The van der Waals surface area contributed by atoms with E-state index >= 15 is 0 Å². The van der Waals surface area contributed by atoms with Gasteiger partial charge in [-0.3, -0.25) is 9.48 Å². The highest BCUT2D eigenvalue weighted by molar-refractivity contribution is 5.90. The third-order valence-corrected chi connectivity index (χ3v) is 2.78. The van der Waals surface area contributed by atoms with Crippen LogP contribution in [0.15, 0.2) is 36.5 Å². The Morgan fingerprint density at radius 3 is 2.89 bits per heavy atom. The van der Waals surface area contributed by atoms with Gasteiger partial charge < -0.3 is 5.32 Å². The molecule has 19 heavy (non-hydrogen) atoms. The van der Waals surface area contributed by atoms with E-state index in [-0.39, 0.29) is 24.2 Å². The number of hydrogen-bond acceptors (Lipinski definition) is 2. The van der Waals surface area contributed by atoms with Crippen LogP contribution in [-0.2, 0) is 4.79 Å². The zero-order valence-corrected chi connectivity index (χ0v) is 10.9. The van der Waals surface area contributed by atoms with Crippen LogP contribution in [0, 0.1) is 12.7 Å². The highest BCUT2D eigenvalue weighted by Gasteiger charge is 2.11. The standard InChI is InChI=1S/C14H16FN3O/c1-10-6-7-18(17-10)11(2)8-14(19)16-13-5-3-4-12(15)9-13/h3-7,9,11H,8H2,1-2H3,(H,16,19)/t11-/m1/s1. The molecule has 2 rings (SSSR count).